The van der Waals surface area contributed by atoms with Gasteiger partial charge in [-0.05, 0) is 122 Å². The summed E-state index contributed by atoms with van der Waals surface area (Å²) in [7, 11) is 1.13. The summed E-state index contributed by atoms with van der Waals surface area (Å²) in [4.78, 5) is 38.0. The molecule has 0 aliphatic rings. The van der Waals surface area contributed by atoms with Gasteiger partial charge in [-0.2, -0.15) is 0 Å². The number of hydrogen-bond donors (Lipinski definition) is 0. The Morgan fingerprint density at radius 2 is 0.643 bits per heavy atom. The summed E-state index contributed by atoms with van der Waals surface area (Å²) in [5.74, 6) is -0.890. The van der Waals surface area contributed by atoms with E-state index in [2.05, 4.69) is 172 Å². The number of hydrogen-bond acceptors (Lipinski definition) is 8. The molecule has 0 aromatic heterocycles. The average molecular weight is 1180 g/mol. The number of phosphoric acid groups is 1. The molecule has 0 heterocycles. The molecule has 0 N–H and O–H groups in total. The van der Waals surface area contributed by atoms with E-state index in [1.54, 1.807) is 0 Å². The van der Waals surface area contributed by atoms with E-state index in [1.165, 1.54) is 89.9 Å². The quantitative estimate of drug-likeness (QED) is 0.0195. The van der Waals surface area contributed by atoms with Gasteiger partial charge in [-0.15, -0.1) is 0 Å². The van der Waals surface area contributed by atoms with Crippen LogP contribution in [0, 0.1) is 0 Å². The molecule has 0 saturated carbocycles. The van der Waals surface area contributed by atoms with Crippen molar-refractivity contribution < 1.29 is 42.1 Å². The number of quaternary nitrogens is 1. The van der Waals surface area contributed by atoms with Crippen LogP contribution >= 0.6 is 7.82 Å². The smallest absolute Gasteiger partial charge is 0.306 e. The van der Waals surface area contributed by atoms with Crippen LogP contribution in [0.2, 0.25) is 0 Å². The highest BCUT2D eigenvalue weighted by Crippen LogP contribution is 2.38. The first-order chi connectivity index (χ1) is 41.0. The van der Waals surface area contributed by atoms with Gasteiger partial charge in [-0.1, -0.05) is 268 Å². The zero-order valence-electron chi connectivity index (χ0n) is 54.0. The van der Waals surface area contributed by atoms with Crippen molar-refractivity contribution in [2.24, 2.45) is 0 Å². The second-order valence-electron chi connectivity index (χ2n) is 22.7. The van der Waals surface area contributed by atoms with Crippen LogP contribution in [0.5, 0.6) is 0 Å². The molecule has 0 aromatic rings. The summed E-state index contributed by atoms with van der Waals surface area (Å²) >= 11 is 0. The molecule has 0 fully saturated rings. The lowest BCUT2D eigenvalue weighted by molar-refractivity contribution is -0.870. The van der Waals surface area contributed by atoms with Crippen LogP contribution in [-0.2, 0) is 32.7 Å². The van der Waals surface area contributed by atoms with Crippen LogP contribution < -0.4 is 4.89 Å². The van der Waals surface area contributed by atoms with Gasteiger partial charge in [0.15, 0.2) is 6.10 Å². The van der Waals surface area contributed by atoms with Gasteiger partial charge >= 0.3 is 11.9 Å². The molecule has 0 radical (unpaired) electrons. The van der Waals surface area contributed by atoms with Crippen LogP contribution in [0.15, 0.2) is 158 Å². The second-order valence-corrected chi connectivity index (χ2v) is 24.1. The molecular weight excluding hydrogens is 1060 g/mol. The van der Waals surface area contributed by atoms with E-state index in [-0.39, 0.29) is 26.1 Å². The number of likely N-dealkylation sites (N-methyl/N-ethyl adjacent to an activating group) is 1. The van der Waals surface area contributed by atoms with Crippen LogP contribution in [0.1, 0.15) is 245 Å². The largest absolute Gasteiger partial charge is 0.756 e. The maximum absolute atomic E-state index is 12.8. The normalized spacial score (nSPS) is 14.2. The average Bonchev–Trinajstić information content (AvgIpc) is 3.61. The first-order valence-corrected chi connectivity index (χ1v) is 34.7. The van der Waals surface area contributed by atoms with Gasteiger partial charge in [0.25, 0.3) is 7.82 Å². The van der Waals surface area contributed by atoms with Gasteiger partial charge in [0.05, 0.1) is 27.7 Å². The third-order valence-corrected chi connectivity index (χ3v) is 14.5. The number of rotatable bonds is 59. The standard InChI is InChI=1S/C74H122NO8P/c1-6-8-10-12-14-16-18-20-22-24-26-28-29-30-31-32-33-34-35-36-37-38-39-40-41-42-43-44-45-47-49-51-53-55-57-59-61-63-65-67-74(77)83-72(71-82-84(78,79)81-69-68-75(3,4)5)70-80-73(76)66-64-62-60-58-56-54-52-50-48-46-27-25-23-21-19-17-15-13-11-9-7-2/h8-11,14-17,20-23,26-28,30-31,33-34,36-37,46,50,52,56,58,72H,6-7,12-13,18-19,24-25,29,32,35,38-45,47-49,51,53-55,57,59-71H2,1-5H3/b10-8-,11-9-,16-14-,17-15-,22-20-,23-21-,28-26-,31-30-,34-33-,37-36-,46-27-,52-50-,58-56-. The molecule has 0 amide bonds. The Morgan fingerprint density at radius 3 is 0.976 bits per heavy atom. The predicted octanol–water partition coefficient (Wildman–Crippen LogP) is 21.0. The van der Waals surface area contributed by atoms with E-state index in [4.69, 9.17) is 18.5 Å². The number of carbonyl (C=O) groups excluding carboxylic acids is 2. The van der Waals surface area contributed by atoms with Gasteiger partial charge in [0, 0.05) is 12.8 Å². The van der Waals surface area contributed by atoms with Gasteiger partial charge in [-0.3, -0.25) is 14.2 Å². The molecule has 0 aliphatic carbocycles. The lowest BCUT2D eigenvalue weighted by Crippen LogP contribution is -2.37. The number of unbranched alkanes of at least 4 members (excludes halogenated alkanes) is 19. The molecule has 0 aromatic carbocycles. The number of phosphoric ester groups is 1. The zero-order valence-corrected chi connectivity index (χ0v) is 54.9. The fourth-order valence-corrected chi connectivity index (χ4v) is 9.25. The van der Waals surface area contributed by atoms with Crippen molar-refractivity contribution in [3.05, 3.63) is 158 Å². The minimum absolute atomic E-state index is 0.0450. The van der Waals surface area contributed by atoms with E-state index in [0.717, 1.165) is 116 Å². The van der Waals surface area contributed by atoms with Gasteiger partial charge in [0.2, 0.25) is 0 Å². The second kappa shape index (κ2) is 63.1. The molecular formula is C74H122NO8P. The molecule has 10 heteroatoms. The Kier molecular flexibility index (Phi) is 59.9. The van der Waals surface area contributed by atoms with Crippen molar-refractivity contribution in [1.29, 1.82) is 0 Å². The Morgan fingerprint density at radius 1 is 0.369 bits per heavy atom. The molecule has 2 unspecified atom stereocenters. The molecule has 0 bridgehead atoms. The molecule has 0 aliphatic heterocycles. The summed E-state index contributed by atoms with van der Waals surface area (Å²) in [6, 6.07) is 0. The molecule has 0 spiro atoms. The summed E-state index contributed by atoms with van der Waals surface area (Å²) in [6.07, 6.45) is 94.6. The lowest BCUT2D eigenvalue weighted by Gasteiger charge is -2.28. The van der Waals surface area contributed by atoms with Crippen molar-refractivity contribution in [2.75, 3.05) is 47.5 Å². The number of nitrogens with zero attached hydrogens (tertiary/aromatic N) is 1. The Balaban J connectivity index is 4.09. The van der Waals surface area contributed by atoms with Gasteiger partial charge < -0.3 is 27.9 Å². The molecule has 84 heavy (non-hydrogen) atoms. The zero-order chi connectivity index (χ0) is 61.2. The number of carbonyl (C=O) groups is 2. The van der Waals surface area contributed by atoms with Crippen LogP contribution in [-0.4, -0.2) is 70.0 Å². The van der Waals surface area contributed by atoms with Crippen molar-refractivity contribution >= 4 is 19.8 Å². The highest BCUT2D eigenvalue weighted by molar-refractivity contribution is 7.45. The van der Waals surface area contributed by atoms with Crippen molar-refractivity contribution in [1.82, 2.24) is 0 Å². The Hall–Kier alpha value is -4.37. The number of esters is 2. The van der Waals surface area contributed by atoms with Crippen LogP contribution in [0.3, 0.4) is 0 Å². The summed E-state index contributed by atoms with van der Waals surface area (Å²) in [6.45, 7) is 3.95. The molecule has 0 saturated heterocycles. The maximum Gasteiger partial charge on any atom is 0.306 e. The fourth-order valence-electron chi connectivity index (χ4n) is 8.52. The van der Waals surface area contributed by atoms with Gasteiger partial charge in [0.1, 0.15) is 19.8 Å². The Bertz CT molecular complexity index is 1970. The SMILES string of the molecule is CC/C=C\C/C=C\C/C=C\C/C=C\C/C=C\C/C=C\C/C=C\CCCCCCCCCCCCCCCCCCCC(=O)OC(COC(=O)CCCC/C=C\C/C=C\C/C=C\C/C=C\C/C=C\C/C=C\CC)COP(=O)([O-])OCC[N+](C)(C)C. The van der Waals surface area contributed by atoms with Crippen molar-refractivity contribution in [3.63, 3.8) is 0 Å². The van der Waals surface area contributed by atoms with E-state index in [0.29, 0.717) is 23.9 Å². The topological polar surface area (TPSA) is 111 Å². The number of allylic oxidation sites excluding steroid dienone is 26. The first-order valence-electron chi connectivity index (χ1n) is 33.2. The fraction of sp³-hybridized carbons (Fsp3) is 0.622. The lowest BCUT2D eigenvalue weighted by atomic mass is 10.0. The van der Waals surface area contributed by atoms with Gasteiger partial charge in [-0.25, -0.2) is 0 Å². The number of ether oxygens (including phenoxy) is 2. The summed E-state index contributed by atoms with van der Waals surface area (Å²) < 4.78 is 34.2. The predicted molar refractivity (Wildman–Crippen MR) is 360 cm³/mol. The molecule has 9 nitrogen and oxygen atoms in total. The highest BCUT2D eigenvalue weighted by Gasteiger charge is 2.22. The first kappa shape index (κ1) is 79.6. The minimum Gasteiger partial charge on any atom is -0.756 e. The van der Waals surface area contributed by atoms with E-state index in [9.17, 15) is 19.0 Å². The third kappa shape index (κ3) is 66.8. The highest BCUT2D eigenvalue weighted by atomic mass is 31.2. The molecule has 2 atom stereocenters. The van der Waals surface area contributed by atoms with Crippen LogP contribution in [0.4, 0.5) is 0 Å². The minimum atomic E-state index is -4.66. The van der Waals surface area contributed by atoms with Crippen molar-refractivity contribution in [3.8, 4) is 0 Å². The summed E-state index contributed by atoms with van der Waals surface area (Å²) in [5.41, 5.74) is 0. The van der Waals surface area contributed by atoms with E-state index < -0.39 is 32.5 Å². The van der Waals surface area contributed by atoms with Crippen molar-refractivity contribution in [2.45, 2.75) is 251 Å². The third-order valence-electron chi connectivity index (χ3n) is 13.5. The summed E-state index contributed by atoms with van der Waals surface area (Å²) in [5, 5.41) is 0. The maximum atomic E-state index is 12.8. The monoisotopic (exact) mass is 1180 g/mol. The van der Waals surface area contributed by atoms with Crippen LogP contribution in [0.25, 0.3) is 0 Å². The van der Waals surface area contributed by atoms with E-state index in [1.807, 2.05) is 21.1 Å². The van der Waals surface area contributed by atoms with E-state index >= 15 is 0 Å². The Labute approximate surface area is 516 Å². The molecule has 476 valence electrons. The molecule has 0 rings (SSSR count).